The van der Waals surface area contributed by atoms with Crippen LogP contribution in [0.4, 0.5) is 0 Å². The van der Waals surface area contributed by atoms with Crippen LogP contribution in [0.15, 0.2) is 65.5 Å². The lowest BCUT2D eigenvalue weighted by Crippen LogP contribution is -2.38. The molecule has 2 aromatic carbocycles. The Morgan fingerprint density at radius 3 is 2.05 bits per heavy atom. The normalized spacial score (nSPS) is 12.4. The zero-order valence-corrected chi connectivity index (χ0v) is 28.9. The number of hydrogen-bond donors (Lipinski definition) is 1. The van der Waals surface area contributed by atoms with Gasteiger partial charge in [0.25, 0.3) is 10.6 Å². The molecule has 0 unspecified atom stereocenters. The molecule has 0 aliphatic rings. The molecule has 3 aromatic heterocycles. The molecule has 0 aliphatic carbocycles. The van der Waals surface area contributed by atoms with Gasteiger partial charge in [0.15, 0.2) is 10.5 Å². The van der Waals surface area contributed by atoms with E-state index in [4.69, 9.17) is 12.2 Å². The summed E-state index contributed by atoms with van der Waals surface area (Å²) < 4.78 is 8.31. The second-order valence-electron chi connectivity index (χ2n) is 10.8. The maximum Gasteiger partial charge on any atom is 0.269 e. The Morgan fingerprint density at radius 2 is 1.41 bits per heavy atom. The van der Waals surface area contributed by atoms with Gasteiger partial charge in [0.05, 0.1) is 15.5 Å². The molecule has 0 atom stereocenters. The Kier molecular flexibility index (Phi) is 11.2. The van der Waals surface area contributed by atoms with Crippen LogP contribution in [0.5, 0.6) is 5.88 Å². The van der Waals surface area contributed by atoms with E-state index < -0.39 is 0 Å². The number of hydrogen-bond acceptors (Lipinski definition) is 6. The third-order valence-electron chi connectivity index (χ3n) is 7.59. The molecule has 0 bridgehead atoms. The summed E-state index contributed by atoms with van der Waals surface area (Å²) in [6.45, 7) is 8.71. The lowest BCUT2D eigenvalue weighted by molar-refractivity contribution is -0.683. The molecule has 5 aromatic rings. The van der Waals surface area contributed by atoms with Gasteiger partial charge in [-0.05, 0) is 48.8 Å². The first kappa shape index (κ1) is 32.3. The highest BCUT2D eigenvalue weighted by molar-refractivity contribution is 7.73. The summed E-state index contributed by atoms with van der Waals surface area (Å²) in [6.07, 6.45) is 10.0. The Morgan fingerprint density at radius 1 is 0.795 bits per heavy atom. The van der Waals surface area contributed by atoms with Crippen LogP contribution in [-0.2, 0) is 19.6 Å². The van der Waals surface area contributed by atoms with Crippen molar-refractivity contribution in [2.24, 2.45) is 0 Å². The summed E-state index contributed by atoms with van der Waals surface area (Å²) in [4.78, 5) is 15.7. The van der Waals surface area contributed by atoms with E-state index in [0.29, 0.717) is 26.5 Å². The third-order valence-corrected chi connectivity index (χ3v) is 11.2. The second kappa shape index (κ2) is 15.3. The predicted octanol–water partition coefficient (Wildman–Crippen LogP) is 7.95. The van der Waals surface area contributed by atoms with Crippen molar-refractivity contribution in [1.29, 1.82) is 0 Å². The minimum Gasteiger partial charge on any atom is -0.493 e. The summed E-state index contributed by atoms with van der Waals surface area (Å²) in [5.74, 6) is 0.155. The molecule has 5 rings (SSSR count). The maximum atomic E-state index is 13.8. The molecule has 0 amide bonds. The van der Waals surface area contributed by atoms with Crippen molar-refractivity contribution < 1.29 is 9.67 Å². The van der Waals surface area contributed by atoms with Crippen molar-refractivity contribution in [1.82, 2.24) is 9.13 Å². The van der Waals surface area contributed by atoms with Crippen molar-refractivity contribution in [3.63, 3.8) is 0 Å². The van der Waals surface area contributed by atoms with Crippen LogP contribution in [0, 0.1) is 3.95 Å². The monoisotopic (exact) mass is 662 g/mol. The number of aromatic nitrogens is 3. The van der Waals surface area contributed by atoms with Crippen LogP contribution < -0.4 is 19.3 Å². The summed E-state index contributed by atoms with van der Waals surface area (Å²) >= 11 is 10.2. The number of nitrogens with zero attached hydrogens (tertiary/aromatic N) is 3. The number of thiazole rings is 3. The molecule has 44 heavy (non-hydrogen) atoms. The molecule has 0 spiro atoms. The summed E-state index contributed by atoms with van der Waals surface area (Å²) in [6, 6.07) is 21.2. The van der Waals surface area contributed by atoms with Crippen LogP contribution in [0.1, 0.15) is 69.2 Å². The molecule has 0 saturated heterocycles. The van der Waals surface area contributed by atoms with E-state index in [1.54, 1.807) is 15.9 Å². The van der Waals surface area contributed by atoms with Gasteiger partial charge in [-0.25, -0.2) is 0 Å². The van der Waals surface area contributed by atoms with Gasteiger partial charge < -0.3 is 5.11 Å². The Hall–Kier alpha value is -3.11. The first-order valence-electron chi connectivity index (χ1n) is 15.5. The number of benzene rings is 2. The van der Waals surface area contributed by atoms with E-state index >= 15 is 0 Å². The van der Waals surface area contributed by atoms with Gasteiger partial charge >= 0.3 is 0 Å². The molecule has 230 valence electrons. The third kappa shape index (κ3) is 7.07. The van der Waals surface area contributed by atoms with Gasteiger partial charge in [0.1, 0.15) is 9.54 Å². The predicted molar refractivity (Wildman–Crippen MR) is 190 cm³/mol. The summed E-state index contributed by atoms with van der Waals surface area (Å²) in [7, 11) is 0. The highest BCUT2D eigenvalue weighted by Gasteiger charge is 2.28. The Balaban J connectivity index is 1.74. The molecular formula is C35H40N3O2S4+. The fourth-order valence-electron chi connectivity index (χ4n) is 5.17. The molecule has 1 N–H and O–H groups in total. The lowest BCUT2D eigenvalue weighted by Gasteiger charge is -2.04. The maximum absolute atomic E-state index is 13.8. The molecule has 0 saturated carbocycles. The van der Waals surface area contributed by atoms with Crippen molar-refractivity contribution in [3.8, 4) is 27.6 Å². The van der Waals surface area contributed by atoms with E-state index in [1.165, 1.54) is 44.4 Å². The lowest BCUT2D eigenvalue weighted by atomic mass is 10.1. The summed E-state index contributed by atoms with van der Waals surface area (Å²) in [5.41, 5.74) is 3.57. The van der Waals surface area contributed by atoms with Crippen molar-refractivity contribution in [3.05, 3.63) is 94.1 Å². The molecular weight excluding hydrogens is 623 g/mol. The standard InChI is InChI=1S/C35H39N3O2S4/c1-4-7-20-36-29(44-32(26-18-14-11-15-19-26)31(36)25-16-12-10-13-17-25)24-30-37(21-8-5-2)33(39)27(42-30)23-28-34(40)38(22-9-6-3)35(41)43-28/h10-19,23-24H,4-9,20-22H2,1-3H3/p+1. The average molecular weight is 663 g/mol. The first-order valence-corrected chi connectivity index (χ1v) is 18.4. The smallest absolute Gasteiger partial charge is 0.269 e. The molecule has 9 heteroatoms. The van der Waals surface area contributed by atoms with Gasteiger partial charge in [0.2, 0.25) is 11.6 Å². The van der Waals surface area contributed by atoms with E-state index in [0.717, 1.165) is 54.7 Å². The van der Waals surface area contributed by atoms with E-state index in [9.17, 15) is 9.90 Å². The first-order chi connectivity index (χ1) is 21.5. The Bertz CT molecular complexity index is 1930. The second-order valence-corrected chi connectivity index (χ2v) is 14.6. The number of unbranched alkanes of at least 4 members (excludes halogenated alkanes) is 3. The van der Waals surface area contributed by atoms with Crippen LogP contribution >= 0.6 is 46.2 Å². The minimum atomic E-state index is -0.0169. The van der Waals surface area contributed by atoms with Crippen molar-refractivity contribution in [2.45, 2.75) is 78.9 Å². The zero-order valence-electron chi connectivity index (χ0n) is 25.6. The molecule has 0 radical (unpaired) electrons. The SMILES string of the molecule is CCCCn1c(O)c(C=c2sc(=Cc3sc(-c4ccccc4)c(-c4ccccc4)[n+]3CCCC)n(CCCC)c2=O)sc1=S. The van der Waals surface area contributed by atoms with Crippen LogP contribution in [0.3, 0.4) is 0 Å². The molecule has 0 aliphatic heterocycles. The van der Waals surface area contributed by atoms with Crippen molar-refractivity contribution in [2.75, 3.05) is 0 Å². The van der Waals surface area contributed by atoms with E-state index in [1.807, 2.05) is 10.6 Å². The van der Waals surface area contributed by atoms with Crippen LogP contribution in [0.25, 0.3) is 33.9 Å². The number of rotatable bonds is 13. The quantitative estimate of drug-likeness (QED) is 0.103. The highest BCUT2D eigenvalue weighted by Crippen LogP contribution is 2.36. The number of aromatic hydroxyl groups is 1. The highest BCUT2D eigenvalue weighted by atomic mass is 32.1. The van der Waals surface area contributed by atoms with E-state index in [-0.39, 0.29) is 11.4 Å². The van der Waals surface area contributed by atoms with Crippen molar-refractivity contribution >= 4 is 58.4 Å². The topological polar surface area (TPSA) is 51.0 Å². The van der Waals surface area contributed by atoms with Gasteiger partial charge in [-0.3, -0.25) is 13.9 Å². The average Bonchev–Trinajstić information content (AvgIpc) is 3.64. The molecule has 5 nitrogen and oxygen atoms in total. The minimum absolute atomic E-state index is 0.0169. The van der Waals surface area contributed by atoms with Gasteiger partial charge in [0, 0.05) is 25.1 Å². The Labute approximate surface area is 276 Å². The van der Waals surface area contributed by atoms with Gasteiger partial charge in [-0.15, -0.1) is 22.7 Å². The van der Waals surface area contributed by atoms with Gasteiger partial charge in [-0.2, -0.15) is 4.57 Å². The van der Waals surface area contributed by atoms with Gasteiger partial charge in [-0.1, -0.05) is 99.9 Å². The fraction of sp³-hybridized carbons (Fsp3) is 0.343. The largest absolute Gasteiger partial charge is 0.493 e. The fourth-order valence-corrected chi connectivity index (χ4v) is 8.93. The van der Waals surface area contributed by atoms with Crippen LogP contribution in [0.2, 0.25) is 0 Å². The summed E-state index contributed by atoms with van der Waals surface area (Å²) in [5, 5.41) is 12.1. The van der Waals surface area contributed by atoms with E-state index in [2.05, 4.69) is 92.1 Å². The zero-order chi connectivity index (χ0) is 31.1. The molecule has 3 heterocycles. The van der Waals surface area contributed by atoms with Crippen LogP contribution in [-0.4, -0.2) is 14.2 Å². The molecule has 0 fully saturated rings.